The lowest BCUT2D eigenvalue weighted by molar-refractivity contribution is -0.113. The quantitative estimate of drug-likeness (QED) is 0.686. The fourth-order valence-electron chi connectivity index (χ4n) is 3.26. The number of nitrogens with one attached hydrogen (secondary N) is 2. The van der Waals surface area contributed by atoms with Crippen molar-refractivity contribution in [3.63, 3.8) is 0 Å². The molecule has 0 atom stereocenters. The van der Waals surface area contributed by atoms with Crippen LogP contribution in [0.4, 0.5) is 5.69 Å². The molecule has 0 saturated heterocycles. The molecule has 0 saturated carbocycles. The van der Waals surface area contributed by atoms with Crippen LogP contribution in [0.25, 0.3) is 10.9 Å². The van der Waals surface area contributed by atoms with E-state index in [1.807, 2.05) is 36.5 Å². The zero-order valence-electron chi connectivity index (χ0n) is 14.2. The topological polar surface area (TPSA) is 81.6 Å². The Labute approximate surface area is 155 Å². The Morgan fingerprint density at radius 3 is 3.04 bits per heavy atom. The second-order valence-electron chi connectivity index (χ2n) is 6.38. The Morgan fingerprint density at radius 1 is 1.27 bits per heavy atom. The van der Waals surface area contributed by atoms with Gasteiger partial charge in [-0.05, 0) is 60.9 Å². The van der Waals surface area contributed by atoms with Crippen molar-refractivity contribution < 1.29 is 4.79 Å². The van der Waals surface area contributed by atoms with Gasteiger partial charge < -0.3 is 10.3 Å². The molecule has 0 unspecified atom stereocenters. The van der Waals surface area contributed by atoms with Gasteiger partial charge in [0.05, 0.1) is 11.3 Å². The van der Waals surface area contributed by atoms with Gasteiger partial charge in [-0.1, -0.05) is 17.8 Å². The molecule has 0 spiro atoms. The molecule has 1 aliphatic rings. The summed E-state index contributed by atoms with van der Waals surface area (Å²) in [6, 6.07) is 11.9. The predicted molar refractivity (Wildman–Crippen MR) is 103 cm³/mol. The van der Waals surface area contributed by atoms with Crippen molar-refractivity contribution in [2.75, 3.05) is 11.1 Å². The third kappa shape index (κ3) is 3.44. The first-order valence-corrected chi connectivity index (χ1v) is 9.64. The predicted octanol–water partition coefficient (Wildman–Crippen LogP) is 4.04. The van der Waals surface area contributed by atoms with Crippen LogP contribution in [0.2, 0.25) is 0 Å². The maximum Gasteiger partial charge on any atom is 0.234 e. The summed E-state index contributed by atoms with van der Waals surface area (Å²) >= 11 is 1.32. The van der Waals surface area contributed by atoms with Crippen LogP contribution in [0.5, 0.6) is 0 Å². The molecule has 1 aliphatic carbocycles. The Kier molecular flexibility index (Phi) is 4.63. The normalized spacial score (nSPS) is 13.2. The Balaban J connectivity index is 1.44. The van der Waals surface area contributed by atoms with Crippen molar-refractivity contribution >= 4 is 34.3 Å². The second-order valence-corrected chi connectivity index (χ2v) is 7.35. The molecule has 0 fully saturated rings. The number of thioether (sulfide) groups is 1. The number of hydrogen-bond acceptors (Lipinski definition) is 4. The number of amides is 1. The van der Waals surface area contributed by atoms with E-state index in [2.05, 4.69) is 21.4 Å². The summed E-state index contributed by atoms with van der Waals surface area (Å²) in [5.41, 5.74) is 4.57. The molecule has 0 aliphatic heterocycles. The maximum atomic E-state index is 12.3. The largest absolute Gasteiger partial charge is 0.361 e. The van der Waals surface area contributed by atoms with E-state index in [0.29, 0.717) is 10.6 Å². The highest BCUT2D eigenvalue weighted by Crippen LogP contribution is 2.27. The maximum absolute atomic E-state index is 12.3. The molecular formula is C20H18N4OS. The van der Waals surface area contributed by atoms with Gasteiger partial charge in [0.15, 0.2) is 0 Å². The molecule has 5 nitrogen and oxygen atoms in total. The first-order chi connectivity index (χ1) is 12.7. The summed E-state index contributed by atoms with van der Waals surface area (Å²) < 4.78 is 0. The van der Waals surface area contributed by atoms with E-state index < -0.39 is 0 Å². The highest BCUT2D eigenvalue weighted by Gasteiger charge is 2.16. The monoisotopic (exact) mass is 362 g/mol. The number of anilines is 1. The fraction of sp³-hybridized carbons (Fsp3) is 0.250. The minimum Gasteiger partial charge on any atom is -0.361 e. The van der Waals surface area contributed by atoms with Gasteiger partial charge in [0.25, 0.3) is 0 Å². The van der Waals surface area contributed by atoms with Crippen LogP contribution in [0, 0.1) is 11.3 Å². The molecule has 1 amide bonds. The van der Waals surface area contributed by atoms with Crippen LogP contribution < -0.4 is 5.32 Å². The smallest absolute Gasteiger partial charge is 0.234 e. The number of carbonyl (C=O) groups excluding carboxylic acids is 1. The van der Waals surface area contributed by atoms with E-state index in [4.69, 9.17) is 0 Å². The van der Waals surface area contributed by atoms with E-state index in [0.717, 1.165) is 48.0 Å². The number of benzene rings is 1. The van der Waals surface area contributed by atoms with Crippen LogP contribution >= 0.6 is 11.8 Å². The highest BCUT2D eigenvalue weighted by atomic mass is 32.2. The third-order valence-electron chi connectivity index (χ3n) is 4.57. The molecule has 2 aromatic heterocycles. The molecule has 6 heteroatoms. The number of pyridine rings is 1. The van der Waals surface area contributed by atoms with Crippen LogP contribution in [0.15, 0.2) is 41.6 Å². The zero-order chi connectivity index (χ0) is 17.9. The first kappa shape index (κ1) is 16.7. The molecule has 0 bridgehead atoms. The molecule has 1 aromatic carbocycles. The number of fused-ring (bicyclic) bond motifs is 2. The number of nitriles is 1. The molecular weight excluding hydrogens is 344 g/mol. The van der Waals surface area contributed by atoms with E-state index >= 15 is 0 Å². The molecule has 26 heavy (non-hydrogen) atoms. The van der Waals surface area contributed by atoms with Crippen LogP contribution in [0.3, 0.4) is 0 Å². The van der Waals surface area contributed by atoms with Gasteiger partial charge in [-0.3, -0.25) is 4.79 Å². The van der Waals surface area contributed by atoms with Gasteiger partial charge in [0.2, 0.25) is 5.91 Å². The van der Waals surface area contributed by atoms with Crippen LogP contribution in [-0.2, 0) is 17.6 Å². The minimum absolute atomic E-state index is 0.107. The number of aromatic nitrogens is 2. The fourth-order valence-corrected chi connectivity index (χ4v) is 4.04. The molecule has 4 rings (SSSR count). The number of carbonyl (C=O) groups is 1. The summed E-state index contributed by atoms with van der Waals surface area (Å²) in [7, 11) is 0. The molecule has 2 N–H and O–H groups in total. The summed E-state index contributed by atoms with van der Waals surface area (Å²) in [4.78, 5) is 20.1. The Morgan fingerprint density at radius 2 is 2.15 bits per heavy atom. The average Bonchev–Trinajstić information content (AvgIpc) is 3.13. The average molecular weight is 362 g/mol. The van der Waals surface area contributed by atoms with Crippen molar-refractivity contribution in [1.29, 1.82) is 5.26 Å². The van der Waals surface area contributed by atoms with Crippen molar-refractivity contribution in [3.8, 4) is 6.07 Å². The molecule has 130 valence electrons. The van der Waals surface area contributed by atoms with Crippen LogP contribution in [0.1, 0.15) is 29.7 Å². The van der Waals surface area contributed by atoms with Gasteiger partial charge in [0.1, 0.15) is 11.1 Å². The van der Waals surface area contributed by atoms with Crippen molar-refractivity contribution in [2.24, 2.45) is 0 Å². The summed E-state index contributed by atoms with van der Waals surface area (Å²) in [5, 5.41) is 14.1. The van der Waals surface area contributed by atoms with E-state index in [9.17, 15) is 10.1 Å². The van der Waals surface area contributed by atoms with Gasteiger partial charge in [-0.25, -0.2) is 4.98 Å². The van der Waals surface area contributed by atoms with Gasteiger partial charge in [-0.2, -0.15) is 5.26 Å². The number of aryl methyl sites for hydroxylation is 2. The minimum atomic E-state index is -0.107. The standard InChI is InChI=1S/C20H18N4OS/c21-11-15-9-14-3-1-2-4-17(14)24-20(15)26-12-19(25)23-16-6-5-13-7-8-22-18(13)10-16/h5-10,22H,1-4,12H2,(H,23,25). The van der Waals surface area contributed by atoms with Crippen molar-refractivity contribution in [3.05, 3.63) is 53.3 Å². The summed E-state index contributed by atoms with van der Waals surface area (Å²) in [6.07, 6.45) is 6.11. The summed E-state index contributed by atoms with van der Waals surface area (Å²) in [5.74, 6) is 0.118. The van der Waals surface area contributed by atoms with Crippen molar-refractivity contribution in [2.45, 2.75) is 30.7 Å². The first-order valence-electron chi connectivity index (χ1n) is 8.65. The Hall–Kier alpha value is -2.78. The van der Waals surface area contributed by atoms with Crippen LogP contribution in [-0.4, -0.2) is 21.6 Å². The third-order valence-corrected chi connectivity index (χ3v) is 5.56. The second kappa shape index (κ2) is 7.22. The van der Waals surface area contributed by atoms with E-state index in [-0.39, 0.29) is 11.7 Å². The van der Waals surface area contributed by atoms with Gasteiger partial charge >= 0.3 is 0 Å². The lowest BCUT2D eigenvalue weighted by Gasteiger charge is -2.16. The molecule has 2 heterocycles. The molecule has 3 aromatic rings. The van der Waals surface area contributed by atoms with E-state index in [1.54, 1.807) is 0 Å². The number of hydrogen-bond donors (Lipinski definition) is 2. The number of nitrogens with zero attached hydrogens (tertiary/aromatic N) is 2. The number of aromatic amines is 1. The highest BCUT2D eigenvalue weighted by molar-refractivity contribution is 8.00. The van der Waals surface area contributed by atoms with Gasteiger partial charge in [-0.15, -0.1) is 0 Å². The number of rotatable bonds is 4. The van der Waals surface area contributed by atoms with Crippen molar-refractivity contribution in [1.82, 2.24) is 9.97 Å². The molecule has 0 radical (unpaired) electrons. The lowest BCUT2D eigenvalue weighted by atomic mass is 9.95. The SMILES string of the molecule is N#Cc1cc2c(nc1SCC(=O)Nc1ccc3cc[nH]c3c1)CCCC2. The van der Waals surface area contributed by atoms with E-state index in [1.165, 1.54) is 17.3 Å². The number of H-pyrrole nitrogens is 1. The summed E-state index contributed by atoms with van der Waals surface area (Å²) in [6.45, 7) is 0. The zero-order valence-corrected chi connectivity index (χ0v) is 15.0. The lowest BCUT2D eigenvalue weighted by Crippen LogP contribution is -2.14. The van der Waals surface area contributed by atoms with Gasteiger partial charge in [0, 0.05) is 23.1 Å². The Bertz CT molecular complexity index is 1020.